The molecule has 1 heterocycles. The largest absolute Gasteiger partial charge is 0.486 e. The van der Waals surface area contributed by atoms with E-state index >= 15 is 0 Å². The van der Waals surface area contributed by atoms with Gasteiger partial charge in [-0.1, -0.05) is 12.1 Å². The van der Waals surface area contributed by atoms with Gasteiger partial charge < -0.3 is 19.3 Å². The van der Waals surface area contributed by atoms with Crippen LogP contribution in [0.5, 0.6) is 11.5 Å². The van der Waals surface area contributed by atoms with E-state index in [2.05, 4.69) is 0 Å². The summed E-state index contributed by atoms with van der Waals surface area (Å²) in [6, 6.07) is 7.34. The summed E-state index contributed by atoms with van der Waals surface area (Å²) in [6.45, 7) is 0.263. The van der Waals surface area contributed by atoms with Gasteiger partial charge in [0.15, 0.2) is 17.6 Å². The summed E-state index contributed by atoms with van der Waals surface area (Å²) in [5.41, 5.74) is 0. The zero-order chi connectivity index (χ0) is 11.4. The summed E-state index contributed by atoms with van der Waals surface area (Å²) in [4.78, 5) is 10.2. The van der Waals surface area contributed by atoms with Gasteiger partial charge in [0.2, 0.25) is 0 Å². The first-order chi connectivity index (χ1) is 7.75. The SMILES string of the molecule is O=C(O)COC[C@H]1COc2ccccc2O1. The summed E-state index contributed by atoms with van der Waals surface area (Å²) in [5, 5.41) is 8.40. The molecule has 0 bridgehead atoms. The Morgan fingerprint density at radius 2 is 2.19 bits per heavy atom. The number of hydrogen-bond donors (Lipinski definition) is 1. The minimum absolute atomic E-state index is 0.209. The zero-order valence-electron chi connectivity index (χ0n) is 8.59. The number of aliphatic carboxylic acids is 1. The molecule has 1 aliphatic rings. The molecule has 1 aromatic carbocycles. The molecular formula is C11H12O5. The van der Waals surface area contributed by atoms with Crippen LogP contribution in [-0.2, 0) is 9.53 Å². The Kier molecular flexibility index (Phi) is 3.26. The van der Waals surface area contributed by atoms with Crippen LogP contribution in [0.25, 0.3) is 0 Å². The van der Waals surface area contributed by atoms with Crippen LogP contribution in [0.2, 0.25) is 0 Å². The van der Waals surface area contributed by atoms with Gasteiger partial charge in [-0.05, 0) is 12.1 Å². The maximum absolute atomic E-state index is 10.2. The first-order valence-corrected chi connectivity index (χ1v) is 4.94. The van der Waals surface area contributed by atoms with E-state index in [1.165, 1.54) is 0 Å². The van der Waals surface area contributed by atoms with E-state index in [1.54, 1.807) is 6.07 Å². The molecule has 1 aromatic rings. The van der Waals surface area contributed by atoms with Gasteiger partial charge in [0.1, 0.15) is 13.2 Å². The summed E-state index contributed by atoms with van der Waals surface area (Å²) >= 11 is 0. The molecule has 0 saturated carbocycles. The molecule has 0 fully saturated rings. The van der Waals surface area contributed by atoms with Crippen molar-refractivity contribution in [1.29, 1.82) is 0 Å². The smallest absolute Gasteiger partial charge is 0.329 e. The lowest BCUT2D eigenvalue weighted by Crippen LogP contribution is -2.34. The summed E-state index contributed by atoms with van der Waals surface area (Å²) in [7, 11) is 0. The molecule has 0 amide bonds. The van der Waals surface area contributed by atoms with E-state index in [1.807, 2.05) is 18.2 Å². The second-order valence-electron chi connectivity index (χ2n) is 3.41. The third-order valence-corrected chi connectivity index (χ3v) is 2.10. The first-order valence-electron chi connectivity index (χ1n) is 4.94. The number of fused-ring (bicyclic) bond motifs is 1. The number of carboxylic acid groups (broad SMARTS) is 1. The number of ether oxygens (including phenoxy) is 3. The molecule has 1 N–H and O–H groups in total. The fourth-order valence-electron chi connectivity index (χ4n) is 1.42. The van der Waals surface area contributed by atoms with Gasteiger partial charge in [-0.15, -0.1) is 0 Å². The Bertz CT molecular complexity index is 376. The molecule has 0 aliphatic carbocycles. The molecule has 16 heavy (non-hydrogen) atoms. The standard InChI is InChI=1S/C11H12O5/c12-11(13)7-14-5-8-6-15-9-3-1-2-4-10(9)16-8/h1-4,8H,5-7H2,(H,12,13)/t8-/m0/s1. The molecule has 5 heteroatoms. The van der Waals surface area contributed by atoms with Crippen molar-refractivity contribution in [2.75, 3.05) is 19.8 Å². The minimum atomic E-state index is -0.989. The van der Waals surface area contributed by atoms with E-state index in [-0.39, 0.29) is 19.3 Å². The van der Waals surface area contributed by atoms with Crippen molar-refractivity contribution in [3.05, 3.63) is 24.3 Å². The van der Waals surface area contributed by atoms with Gasteiger partial charge in [-0.25, -0.2) is 4.79 Å². The van der Waals surface area contributed by atoms with Crippen molar-refractivity contribution >= 4 is 5.97 Å². The van der Waals surface area contributed by atoms with Crippen LogP contribution in [0.4, 0.5) is 0 Å². The molecule has 0 aromatic heterocycles. The molecule has 86 valence electrons. The van der Waals surface area contributed by atoms with Crippen LogP contribution in [0, 0.1) is 0 Å². The summed E-state index contributed by atoms with van der Waals surface area (Å²) in [5.74, 6) is 0.381. The maximum Gasteiger partial charge on any atom is 0.329 e. The van der Waals surface area contributed by atoms with Gasteiger partial charge in [-0.3, -0.25) is 0 Å². The first kappa shape index (κ1) is 10.8. The fraction of sp³-hybridized carbons (Fsp3) is 0.364. The van der Waals surface area contributed by atoms with Crippen LogP contribution in [0.3, 0.4) is 0 Å². The number of benzene rings is 1. The molecule has 1 aliphatic heterocycles. The highest BCUT2D eigenvalue weighted by molar-refractivity contribution is 5.67. The van der Waals surface area contributed by atoms with Gasteiger partial charge in [0.25, 0.3) is 0 Å². The van der Waals surface area contributed by atoms with Crippen LogP contribution in [-0.4, -0.2) is 37.0 Å². The Labute approximate surface area is 92.5 Å². The molecule has 1 atom stereocenters. The van der Waals surface area contributed by atoms with Crippen molar-refractivity contribution < 1.29 is 24.1 Å². The Hall–Kier alpha value is -1.75. The minimum Gasteiger partial charge on any atom is -0.486 e. The van der Waals surface area contributed by atoms with Crippen LogP contribution in [0.15, 0.2) is 24.3 Å². The predicted octanol–water partition coefficient (Wildman–Crippen LogP) is 0.928. The number of carboxylic acids is 1. The molecule has 2 rings (SSSR count). The van der Waals surface area contributed by atoms with Gasteiger partial charge >= 0.3 is 5.97 Å². The third-order valence-electron chi connectivity index (χ3n) is 2.10. The Morgan fingerprint density at radius 1 is 1.44 bits per heavy atom. The van der Waals surface area contributed by atoms with Gasteiger partial charge in [0, 0.05) is 0 Å². The maximum atomic E-state index is 10.2. The zero-order valence-corrected chi connectivity index (χ0v) is 8.59. The number of carbonyl (C=O) groups is 1. The molecular weight excluding hydrogens is 212 g/mol. The highest BCUT2D eigenvalue weighted by Crippen LogP contribution is 2.30. The van der Waals surface area contributed by atoms with Crippen molar-refractivity contribution in [3.63, 3.8) is 0 Å². The van der Waals surface area contributed by atoms with E-state index in [0.29, 0.717) is 18.1 Å². The fourth-order valence-corrected chi connectivity index (χ4v) is 1.42. The van der Waals surface area contributed by atoms with Gasteiger partial charge in [-0.2, -0.15) is 0 Å². The normalized spacial score (nSPS) is 18.1. The number of para-hydroxylation sites is 2. The van der Waals surface area contributed by atoms with E-state index in [4.69, 9.17) is 19.3 Å². The second kappa shape index (κ2) is 4.85. The summed E-state index contributed by atoms with van der Waals surface area (Å²) < 4.78 is 16.0. The quantitative estimate of drug-likeness (QED) is 0.824. The average Bonchev–Trinajstić information content (AvgIpc) is 2.28. The van der Waals surface area contributed by atoms with Crippen molar-refractivity contribution in [3.8, 4) is 11.5 Å². The topological polar surface area (TPSA) is 65.0 Å². The van der Waals surface area contributed by atoms with Crippen molar-refractivity contribution in [2.24, 2.45) is 0 Å². The Balaban J connectivity index is 1.86. The average molecular weight is 224 g/mol. The molecule has 0 saturated heterocycles. The lowest BCUT2D eigenvalue weighted by molar-refractivity contribution is -0.143. The molecule has 5 nitrogen and oxygen atoms in total. The Morgan fingerprint density at radius 3 is 2.94 bits per heavy atom. The van der Waals surface area contributed by atoms with E-state index in [0.717, 1.165) is 0 Å². The predicted molar refractivity (Wildman–Crippen MR) is 54.8 cm³/mol. The van der Waals surface area contributed by atoms with Crippen LogP contribution in [0.1, 0.15) is 0 Å². The van der Waals surface area contributed by atoms with E-state index < -0.39 is 5.97 Å². The van der Waals surface area contributed by atoms with Crippen molar-refractivity contribution in [1.82, 2.24) is 0 Å². The van der Waals surface area contributed by atoms with Crippen LogP contribution < -0.4 is 9.47 Å². The third kappa shape index (κ3) is 2.64. The highest BCUT2D eigenvalue weighted by atomic mass is 16.6. The molecule has 0 radical (unpaired) electrons. The lowest BCUT2D eigenvalue weighted by Gasteiger charge is -2.25. The summed E-state index contributed by atoms with van der Waals surface area (Å²) in [6.07, 6.45) is -0.255. The monoisotopic (exact) mass is 224 g/mol. The molecule has 0 unspecified atom stereocenters. The molecule has 0 spiro atoms. The highest BCUT2D eigenvalue weighted by Gasteiger charge is 2.20. The van der Waals surface area contributed by atoms with E-state index in [9.17, 15) is 4.79 Å². The number of rotatable bonds is 4. The second-order valence-corrected chi connectivity index (χ2v) is 3.41. The number of hydrogen-bond acceptors (Lipinski definition) is 4. The van der Waals surface area contributed by atoms with Gasteiger partial charge in [0.05, 0.1) is 6.61 Å². The van der Waals surface area contributed by atoms with Crippen LogP contribution >= 0.6 is 0 Å². The lowest BCUT2D eigenvalue weighted by atomic mass is 10.3. The van der Waals surface area contributed by atoms with Crippen molar-refractivity contribution in [2.45, 2.75) is 6.10 Å².